The van der Waals surface area contributed by atoms with Crippen LogP contribution in [0.4, 0.5) is 0 Å². The summed E-state index contributed by atoms with van der Waals surface area (Å²) >= 11 is 0. The van der Waals surface area contributed by atoms with Crippen LogP contribution in [0.2, 0.25) is 0 Å². The molecule has 1 fully saturated rings. The molecule has 0 radical (unpaired) electrons. The van der Waals surface area contributed by atoms with E-state index in [1.54, 1.807) is 0 Å². The average Bonchev–Trinajstić information content (AvgIpc) is 2.52. The van der Waals surface area contributed by atoms with Gasteiger partial charge >= 0.3 is 0 Å². The number of nitrogens with one attached hydrogen (secondary N) is 2. The van der Waals surface area contributed by atoms with Crippen molar-refractivity contribution in [2.45, 2.75) is 12.5 Å². The van der Waals surface area contributed by atoms with Gasteiger partial charge in [-0.1, -0.05) is 0 Å². The van der Waals surface area contributed by atoms with E-state index in [-0.39, 0.29) is 17.5 Å². The van der Waals surface area contributed by atoms with Crippen molar-refractivity contribution >= 4 is 19.9 Å². The Hall–Kier alpha value is -0.180. The van der Waals surface area contributed by atoms with Gasteiger partial charge in [-0.25, -0.2) is 21.6 Å². The molecule has 0 saturated carbocycles. The van der Waals surface area contributed by atoms with Gasteiger partial charge < -0.3 is 5.32 Å². The summed E-state index contributed by atoms with van der Waals surface area (Å²) in [5.74, 6) is -0.690. The molecular weight excluding hydrogens is 240 g/mol. The van der Waals surface area contributed by atoms with E-state index < -0.39 is 19.9 Å². The van der Waals surface area contributed by atoms with E-state index in [0.29, 0.717) is 6.54 Å². The van der Waals surface area contributed by atoms with Crippen LogP contribution in [-0.2, 0) is 19.9 Å². The summed E-state index contributed by atoms with van der Waals surface area (Å²) < 4.78 is 47.0. The Labute approximate surface area is 90.4 Å². The zero-order chi connectivity index (χ0) is 11.5. The van der Waals surface area contributed by atoms with Gasteiger partial charge in [0, 0.05) is 18.8 Å². The first-order valence-corrected chi connectivity index (χ1v) is 8.38. The van der Waals surface area contributed by atoms with Crippen LogP contribution < -0.4 is 10.0 Å². The molecule has 2 N–H and O–H groups in total. The van der Waals surface area contributed by atoms with Gasteiger partial charge in [-0.05, 0) is 13.0 Å². The third-order valence-corrected chi connectivity index (χ3v) is 4.77. The van der Waals surface area contributed by atoms with Crippen molar-refractivity contribution in [1.29, 1.82) is 0 Å². The highest BCUT2D eigenvalue weighted by Crippen LogP contribution is 2.00. The van der Waals surface area contributed by atoms with Crippen LogP contribution in [0.15, 0.2) is 0 Å². The smallest absolute Gasteiger partial charge is 0.212 e. The second kappa shape index (κ2) is 4.77. The first-order valence-electron chi connectivity index (χ1n) is 4.67. The van der Waals surface area contributed by atoms with Gasteiger partial charge in [0.2, 0.25) is 10.0 Å². The maximum Gasteiger partial charge on any atom is 0.212 e. The number of sulfonamides is 1. The number of rotatable bonds is 5. The van der Waals surface area contributed by atoms with Crippen molar-refractivity contribution < 1.29 is 16.8 Å². The summed E-state index contributed by atoms with van der Waals surface area (Å²) in [6, 6.07) is -0.102. The van der Waals surface area contributed by atoms with E-state index in [0.717, 1.165) is 19.2 Å². The van der Waals surface area contributed by atoms with Crippen LogP contribution in [0.3, 0.4) is 0 Å². The fraction of sp³-hybridized carbons (Fsp3) is 1.00. The van der Waals surface area contributed by atoms with E-state index >= 15 is 0 Å². The van der Waals surface area contributed by atoms with Crippen LogP contribution in [0, 0.1) is 0 Å². The summed E-state index contributed by atoms with van der Waals surface area (Å²) in [6.45, 7) is 1.40. The predicted octanol–water partition coefficient (Wildman–Crippen LogP) is -1.69. The molecule has 1 saturated heterocycles. The van der Waals surface area contributed by atoms with Gasteiger partial charge in [-0.3, -0.25) is 0 Å². The van der Waals surface area contributed by atoms with Crippen molar-refractivity contribution in [2.24, 2.45) is 0 Å². The van der Waals surface area contributed by atoms with Crippen molar-refractivity contribution in [3.63, 3.8) is 0 Å². The molecule has 0 aromatic heterocycles. The molecular formula is C7H16N2O4S2. The molecule has 6 nitrogen and oxygen atoms in total. The highest BCUT2D eigenvalue weighted by Gasteiger charge is 2.21. The summed E-state index contributed by atoms with van der Waals surface area (Å²) in [7, 11) is -6.69. The molecule has 0 aromatic rings. The number of sulfone groups is 1. The van der Waals surface area contributed by atoms with Gasteiger partial charge in [0.05, 0.1) is 11.5 Å². The lowest BCUT2D eigenvalue weighted by molar-refractivity contribution is 0.559. The van der Waals surface area contributed by atoms with Gasteiger partial charge in [0.15, 0.2) is 0 Å². The Bertz CT molecular complexity index is 395. The molecule has 1 rings (SSSR count). The Balaban J connectivity index is 2.45. The van der Waals surface area contributed by atoms with E-state index in [1.165, 1.54) is 0 Å². The van der Waals surface area contributed by atoms with Crippen LogP contribution in [0.1, 0.15) is 6.42 Å². The normalized spacial score (nSPS) is 23.1. The maximum atomic E-state index is 11.4. The van der Waals surface area contributed by atoms with E-state index in [4.69, 9.17) is 0 Å². The van der Waals surface area contributed by atoms with Gasteiger partial charge in [0.25, 0.3) is 0 Å². The monoisotopic (exact) mass is 256 g/mol. The Kier molecular flexibility index (Phi) is 4.10. The largest absolute Gasteiger partial charge is 0.315 e. The predicted molar refractivity (Wildman–Crippen MR) is 57.9 cm³/mol. The second-order valence-electron chi connectivity index (χ2n) is 3.76. The minimum atomic E-state index is -3.47. The van der Waals surface area contributed by atoms with Gasteiger partial charge in [0.1, 0.15) is 9.84 Å². The van der Waals surface area contributed by atoms with Crippen molar-refractivity contribution in [2.75, 3.05) is 30.9 Å². The molecule has 0 aromatic carbocycles. The van der Waals surface area contributed by atoms with Crippen LogP contribution in [0.25, 0.3) is 0 Å². The molecule has 0 amide bonds. The molecule has 0 aliphatic carbocycles. The summed E-state index contributed by atoms with van der Waals surface area (Å²) in [5.41, 5.74) is 0. The lowest BCUT2D eigenvalue weighted by Gasteiger charge is -2.11. The Morgan fingerprint density at radius 2 is 1.93 bits per heavy atom. The van der Waals surface area contributed by atoms with Crippen LogP contribution in [0.5, 0.6) is 0 Å². The summed E-state index contributed by atoms with van der Waals surface area (Å²) in [5, 5.41) is 3.02. The molecule has 1 heterocycles. The molecule has 0 unspecified atom stereocenters. The Morgan fingerprint density at radius 1 is 1.27 bits per heavy atom. The zero-order valence-electron chi connectivity index (χ0n) is 8.56. The molecule has 1 aliphatic rings. The van der Waals surface area contributed by atoms with E-state index in [2.05, 4.69) is 10.0 Å². The third-order valence-electron chi connectivity index (χ3n) is 2.13. The molecule has 0 bridgehead atoms. The third kappa shape index (κ3) is 5.45. The van der Waals surface area contributed by atoms with Crippen molar-refractivity contribution in [1.82, 2.24) is 10.0 Å². The minimum absolute atomic E-state index is 0.102. The topological polar surface area (TPSA) is 92.3 Å². The van der Waals surface area contributed by atoms with Gasteiger partial charge in [-0.15, -0.1) is 0 Å². The molecule has 0 spiro atoms. The number of hydrogen-bond donors (Lipinski definition) is 2. The fourth-order valence-electron chi connectivity index (χ4n) is 1.33. The summed E-state index contributed by atoms with van der Waals surface area (Å²) in [6.07, 6.45) is 1.78. The molecule has 90 valence electrons. The average molecular weight is 256 g/mol. The fourth-order valence-corrected chi connectivity index (χ4v) is 4.24. The standard InChI is InChI=1S/C7H16N2O4S2/c1-14(10,11)4-5-15(12,13)9-7-2-3-8-6-7/h7-9H,2-6H2,1H3/t7-/m1/s1. The van der Waals surface area contributed by atoms with Gasteiger partial charge in [-0.2, -0.15) is 0 Å². The van der Waals surface area contributed by atoms with E-state index in [1.807, 2.05) is 0 Å². The number of hydrogen-bond acceptors (Lipinski definition) is 5. The Morgan fingerprint density at radius 3 is 2.40 bits per heavy atom. The van der Waals surface area contributed by atoms with Crippen molar-refractivity contribution in [3.05, 3.63) is 0 Å². The maximum absolute atomic E-state index is 11.4. The molecule has 1 aliphatic heterocycles. The highest BCUT2D eigenvalue weighted by atomic mass is 32.2. The van der Waals surface area contributed by atoms with E-state index in [9.17, 15) is 16.8 Å². The first kappa shape index (κ1) is 12.9. The quantitative estimate of drug-likeness (QED) is 0.612. The highest BCUT2D eigenvalue weighted by molar-refractivity contribution is 7.93. The minimum Gasteiger partial charge on any atom is -0.315 e. The zero-order valence-corrected chi connectivity index (χ0v) is 10.2. The summed E-state index contributed by atoms with van der Waals surface area (Å²) in [4.78, 5) is 0. The first-order chi connectivity index (χ1) is 6.79. The lowest BCUT2D eigenvalue weighted by Crippen LogP contribution is -2.38. The molecule has 1 atom stereocenters. The second-order valence-corrected chi connectivity index (χ2v) is 7.89. The lowest BCUT2D eigenvalue weighted by atomic mass is 10.3. The van der Waals surface area contributed by atoms with Crippen LogP contribution in [-0.4, -0.2) is 53.7 Å². The van der Waals surface area contributed by atoms with Crippen LogP contribution >= 0.6 is 0 Å². The van der Waals surface area contributed by atoms with Crippen molar-refractivity contribution in [3.8, 4) is 0 Å². The SMILES string of the molecule is CS(=O)(=O)CCS(=O)(=O)N[C@@H]1CCNC1. The molecule has 15 heavy (non-hydrogen) atoms. The molecule has 8 heteroatoms.